The number of halogens is 1. The van der Waals surface area contributed by atoms with Crippen molar-refractivity contribution in [2.75, 3.05) is 0 Å². The van der Waals surface area contributed by atoms with E-state index in [0.29, 0.717) is 0 Å². The van der Waals surface area contributed by atoms with E-state index < -0.39 is 0 Å². The van der Waals surface area contributed by atoms with Crippen molar-refractivity contribution in [1.82, 2.24) is 9.97 Å². The van der Waals surface area contributed by atoms with Crippen LogP contribution in [-0.2, 0) is 0 Å². The Labute approximate surface area is 61.5 Å². The molecule has 48 valence electrons. The Morgan fingerprint density at radius 3 is 2.89 bits per heavy atom. The molecule has 0 aliphatic heterocycles. The summed E-state index contributed by atoms with van der Waals surface area (Å²) in [5.74, 6) is 0. The summed E-state index contributed by atoms with van der Waals surface area (Å²) < 4.78 is 0. The number of H-pyrrole nitrogens is 1. The van der Waals surface area contributed by atoms with Gasteiger partial charge >= 0.3 is 0 Å². The molecule has 1 aromatic heterocycles. The molecule has 1 aromatic rings. The van der Waals surface area contributed by atoms with E-state index in [9.17, 15) is 4.79 Å². The number of thiol groups is 1. The second-order valence-corrected chi connectivity index (χ2v) is 2.17. The highest BCUT2D eigenvalue weighted by Gasteiger charge is 1.98. The lowest BCUT2D eigenvalue weighted by Crippen LogP contribution is -2.06. The summed E-state index contributed by atoms with van der Waals surface area (Å²) in [5, 5.41) is 0.279. The van der Waals surface area contributed by atoms with Crippen LogP contribution in [0.2, 0.25) is 5.02 Å². The summed E-state index contributed by atoms with van der Waals surface area (Å²) >= 11 is 9.20. The van der Waals surface area contributed by atoms with Gasteiger partial charge in [0, 0.05) is 0 Å². The van der Waals surface area contributed by atoms with Gasteiger partial charge < -0.3 is 4.98 Å². The molecule has 0 radical (unpaired) electrons. The molecule has 1 rings (SSSR count). The zero-order valence-corrected chi connectivity index (χ0v) is 5.91. The maximum Gasteiger partial charge on any atom is 0.270 e. The lowest BCUT2D eigenvalue weighted by atomic mass is 10.7. The predicted molar refractivity (Wildman–Crippen MR) is 37.1 cm³/mol. The molecule has 0 aromatic carbocycles. The fourth-order valence-electron chi connectivity index (χ4n) is 0.374. The molecule has 1 N–H and O–H groups in total. The number of hydrogen-bond donors (Lipinski definition) is 2. The minimum Gasteiger partial charge on any atom is -0.312 e. The van der Waals surface area contributed by atoms with Gasteiger partial charge in [0.15, 0.2) is 0 Å². The highest BCUT2D eigenvalue weighted by molar-refractivity contribution is 7.80. The van der Waals surface area contributed by atoms with Gasteiger partial charge in [0.2, 0.25) is 0 Å². The van der Waals surface area contributed by atoms with E-state index in [-0.39, 0.29) is 15.6 Å². The fraction of sp³-hybridized carbons (Fsp3) is 0. The lowest BCUT2D eigenvalue weighted by molar-refractivity contribution is 1.02. The summed E-state index contributed by atoms with van der Waals surface area (Å²) in [4.78, 5) is 16.5. The smallest absolute Gasteiger partial charge is 0.270 e. The van der Waals surface area contributed by atoms with Crippen molar-refractivity contribution < 1.29 is 0 Å². The fourth-order valence-corrected chi connectivity index (χ4v) is 0.636. The molecule has 0 fully saturated rings. The summed E-state index contributed by atoms with van der Waals surface area (Å²) in [6, 6.07) is 0. The molecule has 0 aliphatic rings. The van der Waals surface area contributed by atoms with Gasteiger partial charge in [0.1, 0.15) is 10.0 Å². The normalized spacial score (nSPS) is 9.56. The van der Waals surface area contributed by atoms with Crippen LogP contribution in [0.5, 0.6) is 0 Å². The number of aromatic nitrogens is 2. The molecule has 0 aliphatic carbocycles. The van der Waals surface area contributed by atoms with Crippen molar-refractivity contribution in [3.63, 3.8) is 0 Å². The molecule has 5 heteroatoms. The highest BCUT2D eigenvalue weighted by atomic mass is 35.5. The molecule has 0 saturated heterocycles. The van der Waals surface area contributed by atoms with Crippen LogP contribution in [0.15, 0.2) is 16.1 Å². The second kappa shape index (κ2) is 2.41. The Morgan fingerprint density at radius 1 is 1.78 bits per heavy atom. The zero-order valence-electron chi connectivity index (χ0n) is 4.26. The number of hydrogen-bond acceptors (Lipinski definition) is 3. The predicted octanol–water partition coefficient (Wildman–Crippen LogP) is 0.712. The van der Waals surface area contributed by atoms with Gasteiger partial charge in [0.05, 0.1) is 6.33 Å². The Kier molecular flexibility index (Phi) is 1.78. The number of nitrogens with zero attached hydrogens (tertiary/aromatic N) is 1. The van der Waals surface area contributed by atoms with Crippen LogP contribution in [0.3, 0.4) is 0 Å². The first-order valence-corrected chi connectivity index (χ1v) is 2.96. The molecule has 0 bridgehead atoms. The Hall–Kier alpha value is -0.480. The van der Waals surface area contributed by atoms with Crippen molar-refractivity contribution >= 4 is 24.2 Å². The van der Waals surface area contributed by atoms with E-state index in [1.54, 1.807) is 0 Å². The average Bonchev–Trinajstić information content (AvgIpc) is 1.83. The molecule has 0 atom stereocenters. The van der Waals surface area contributed by atoms with E-state index in [0.717, 1.165) is 0 Å². The topological polar surface area (TPSA) is 45.8 Å². The van der Waals surface area contributed by atoms with Gasteiger partial charge in [-0.05, 0) is 0 Å². The summed E-state index contributed by atoms with van der Waals surface area (Å²) in [6.07, 6.45) is 1.25. The Bertz CT molecular complexity index is 272. The molecule has 0 unspecified atom stereocenters. The first-order valence-electron chi connectivity index (χ1n) is 2.14. The van der Waals surface area contributed by atoms with Gasteiger partial charge in [-0.2, -0.15) is 0 Å². The number of aromatic amines is 1. The van der Waals surface area contributed by atoms with Crippen molar-refractivity contribution in [2.24, 2.45) is 0 Å². The Balaban J connectivity index is 3.43. The molecular formula is C4H3ClN2OS. The van der Waals surface area contributed by atoms with Crippen LogP contribution in [0.1, 0.15) is 0 Å². The number of rotatable bonds is 0. The average molecular weight is 163 g/mol. The zero-order chi connectivity index (χ0) is 6.85. The van der Waals surface area contributed by atoms with Crippen LogP contribution in [0, 0.1) is 0 Å². The third-order valence-corrected chi connectivity index (χ3v) is 1.60. The molecule has 0 amide bonds. The monoisotopic (exact) mass is 162 g/mol. The van der Waals surface area contributed by atoms with Crippen molar-refractivity contribution in [1.29, 1.82) is 0 Å². The maximum absolute atomic E-state index is 10.6. The van der Waals surface area contributed by atoms with E-state index in [1.807, 2.05) is 0 Å². The minimum atomic E-state index is -0.364. The largest absolute Gasteiger partial charge is 0.312 e. The molecule has 1 heterocycles. The van der Waals surface area contributed by atoms with Crippen molar-refractivity contribution in [3.05, 3.63) is 21.7 Å². The van der Waals surface area contributed by atoms with E-state index in [4.69, 9.17) is 11.6 Å². The molecule has 9 heavy (non-hydrogen) atoms. The second-order valence-electron chi connectivity index (χ2n) is 1.37. The van der Waals surface area contributed by atoms with Gasteiger partial charge in [-0.1, -0.05) is 11.6 Å². The van der Waals surface area contributed by atoms with Crippen LogP contribution < -0.4 is 5.56 Å². The van der Waals surface area contributed by atoms with Gasteiger partial charge in [0.25, 0.3) is 5.56 Å². The lowest BCUT2D eigenvalue weighted by Gasteiger charge is -1.88. The van der Waals surface area contributed by atoms with Gasteiger partial charge in [-0.25, -0.2) is 4.98 Å². The molecule has 0 spiro atoms. The van der Waals surface area contributed by atoms with E-state index in [1.165, 1.54) is 6.33 Å². The maximum atomic E-state index is 10.6. The van der Waals surface area contributed by atoms with Crippen LogP contribution >= 0.6 is 24.2 Å². The summed E-state index contributed by atoms with van der Waals surface area (Å²) in [7, 11) is 0. The molecular weight excluding hydrogens is 160 g/mol. The first kappa shape index (κ1) is 6.64. The number of nitrogens with one attached hydrogen (secondary N) is 1. The highest BCUT2D eigenvalue weighted by Crippen LogP contribution is 2.08. The van der Waals surface area contributed by atoms with Gasteiger partial charge in [-0.3, -0.25) is 4.79 Å². The van der Waals surface area contributed by atoms with Crippen LogP contribution in [0.25, 0.3) is 0 Å². The SMILES string of the molecule is O=c1[nH]cnc(S)c1Cl. The standard InChI is InChI=1S/C4H3ClN2OS/c5-2-3(8)6-1-7-4(2)9/h1H,(H2,6,7,8,9). The first-order chi connectivity index (χ1) is 4.22. The molecule has 3 nitrogen and oxygen atoms in total. The van der Waals surface area contributed by atoms with E-state index >= 15 is 0 Å². The van der Waals surface area contributed by atoms with Crippen LogP contribution in [-0.4, -0.2) is 9.97 Å². The molecule has 0 saturated carbocycles. The Morgan fingerprint density at radius 2 is 2.44 bits per heavy atom. The van der Waals surface area contributed by atoms with Crippen molar-refractivity contribution in [2.45, 2.75) is 5.03 Å². The van der Waals surface area contributed by atoms with Gasteiger partial charge in [-0.15, -0.1) is 12.6 Å². The summed E-state index contributed by atoms with van der Waals surface area (Å²) in [6.45, 7) is 0. The van der Waals surface area contributed by atoms with Crippen molar-refractivity contribution in [3.8, 4) is 0 Å². The van der Waals surface area contributed by atoms with Crippen LogP contribution in [0.4, 0.5) is 0 Å². The summed E-state index contributed by atoms with van der Waals surface area (Å²) in [5.41, 5.74) is -0.364. The quantitative estimate of drug-likeness (QED) is 0.436. The van der Waals surface area contributed by atoms with E-state index in [2.05, 4.69) is 22.6 Å². The third-order valence-electron chi connectivity index (χ3n) is 0.778. The third kappa shape index (κ3) is 1.25. The minimum absolute atomic E-state index is 0.0285.